The lowest BCUT2D eigenvalue weighted by molar-refractivity contribution is -0.274. The van der Waals surface area contributed by atoms with Crippen LogP contribution in [0.15, 0.2) is 24.3 Å². The largest absolute Gasteiger partial charge is 0.573 e. The molecule has 1 N–H and O–H groups in total. The van der Waals surface area contributed by atoms with E-state index >= 15 is 0 Å². The van der Waals surface area contributed by atoms with E-state index in [0.717, 1.165) is 25.0 Å². The van der Waals surface area contributed by atoms with Gasteiger partial charge in [-0.25, -0.2) is 0 Å². The van der Waals surface area contributed by atoms with Gasteiger partial charge in [-0.05, 0) is 44.0 Å². The normalized spacial score (nSPS) is 19.5. The predicted molar refractivity (Wildman–Crippen MR) is 92.1 cm³/mol. The summed E-state index contributed by atoms with van der Waals surface area (Å²) in [7, 11) is 0. The molecule has 6 nitrogen and oxygen atoms in total. The molecule has 0 unspecified atom stereocenters. The van der Waals surface area contributed by atoms with Crippen LogP contribution in [0.25, 0.3) is 0 Å². The van der Waals surface area contributed by atoms with Gasteiger partial charge in [0.25, 0.3) is 0 Å². The lowest BCUT2D eigenvalue weighted by atomic mass is 10.2. The average Bonchev–Trinajstić information content (AvgIpc) is 3.46. The first-order chi connectivity index (χ1) is 12.7. The van der Waals surface area contributed by atoms with Crippen molar-refractivity contribution in [1.82, 2.24) is 9.80 Å². The van der Waals surface area contributed by atoms with Crippen LogP contribution < -0.4 is 10.1 Å². The summed E-state index contributed by atoms with van der Waals surface area (Å²) in [4.78, 5) is 28.3. The van der Waals surface area contributed by atoms with Crippen LogP contribution in [0.5, 0.6) is 5.75 Å². The number of amides is 2. The Labute approximate surface area is 155 Å². The topological polar surface area (TPSA) is 61.9 Å². The van der Waals surface area contributed by atoms with E-state index in [1.54, 1.807) is 6.92 Å². The quantitative estimate of drug-likeness (QED) is 0.846. The van der Waals surface area contributed by atoms with Crippen LogP contribution in [0.4, 0.5) is 18.9 Å². The third-order valence-electron chi connectivity index (χ3n) is 4.84. The second-order valence-corrected chi connectivity index (χ2v) is 6.87. The molecule has 2 fully saturated rings. The fourth-order valence-electron chi connectivity index (χ4n) is 3.07. The highest BCUT2D eigenvalue weighted by Gasteiger charge is 2.35. The fraction of sp³-hybridized carbons (Fsp3) is 0.556. The summed E-state index contributed by atoms with van der Waals surface area (Å²) in [5, 5.41) is 2.69. The predicted octanol–water partition coefficient (Wildman–Crippen LogP) is 2.47. The minimum absolute atomic E-state index is 0.196. The molecule has 2 aliphatic rings. The zero-order chi connectivity index (χ0) is 19.6. The Kier molecular flexibility index (Phi) is 5.59. The maximum absolute atomic E-state index is 12.4. The van der Waals surface area contributed by atoms with Crippen LogP contribution in [0.3, 0.4) is 0 Å². The molecule has 1 saturated heterocycles. The minimum Gasteiger partial charge on any atom is -0.406 e. The summed E-state index contributed by atoms with van der Waals surface area (Å²) >= 11 is 0. The highest BCUT2D eigenvalue weighted by atomic mass is 19.4. The van der Waals surface area contributed by atoms with Crippen molar-refractivity contribution >= 4 is 17.5 Å². The van der Waals surface area contributed by atoms with Gasteiger partial charge in [-0.3, -0.25) is 14.5 Å². The van der Waals surface area contributed by atoms with Gasteiger partial charge in [0.15, 0.2) is 0 Å². The van der Waals surface area contributed by atoms with Crippen LogP contribution in [0.2, 0.25) is 0 Å². The summed E-state index contributed by atoms with van der Waals surface area (Å²) in [5.41, 5.74) is 0.393. The van der Waals surface area contributed by atoms with E-state index in [1.807, 2.05) is 9.80 Å². The molecule has 3 rings (SSSR count). The molecule has 1 aliphatic carbocycles. The molecule has 1 aromatic carbocycles. The van der Waals surface area contributed by atoms with Crippen molar-refractivity contribution in [2.45, 2.75) is 32.2 Å². The van der Waals surface area contributed by atoms with Crippen molar-refractivity contribution in [1.29, 1.82) is 0 Å². The first kappa shape index (κ1) is 19.5. The number of nitrogens with zero attached hydrogens (tertiary/aromatic N) is 2. The number of benzene rings is 1. The SMILES string of the molecule is C[C@@H](C(=O)Nc1ccc(OC(F)(F)F)cc1)N1CCN(C(=O)C2CC2)CC1. The van der Waals surface area contributed by atoms with Crippen molar-refractivity contribution in [2.75, 3.05) is 31.5 Å². The van der Waals surface area contributed by atoms with Crippen LogP contribution in [0.1, 0.15) is 19.8 Å². The number of hydrogen-bond donors (Lipinski definition) is 1. The van der Waals surface area contributed by atoms with Gasteiger partial charge in [-0.1, -0.05) is 0 Å². The molecule has 1 aliphatic heterocycles. The molecular weight excluding hydrogens is 363 g/mol. The van der Waals surface area contributed by atoms with Crippen molar-refractivity contribution in [3.8, 4) is 5.75 Å². The number of hydrogen-bond acceptors (Lipinski definition) is 4. The van der Waals surface area contributed by atoms with E-state index in [9.17, 15) is 22.8 Å². The third kappa shape index (κ3) is 5.35. The smallest absolute Gasteiger partial charge is 0.406 e. The van der Waals surface area contributed by atoms with Gasteiger partial charge in [-0.2, -0.15) is 0 Å². The van der Waals surface area contributed by atoms with E-state index in [4.69, 9.17) is 0 Å². The molecule has 0 aromatic heterocycles. The highest BCUT2D eigenvalue weighted by Crippen LogP contribution is 2.31. The van der Waals surface area contributed by atoms with Gasteiger partial charge in [0.05, 0.1) is 6.04 Å². The lowest BCUT2D eigenvalue weighted by Crippen LogP contribution is -2.54. The molecule has 148 valence electrons. The molecule has 0 bridgehead atoms. The molecule has 1 aromatic rings. The van der Waals surface area contributed by atoms with Crippen LogP contribution in [-0.2, 0) is 9.59 Å². The first-order valence-electron chi connectivity index (χ1n) is 8.92. The van der Waals surface area contributed by atoms with E-state index in [2.05, 4.69) is 10.1 Å². The highest BCUT2D eigenvalue weighted by molar-refractivity contribution is 5.94. The van der Waals surface area contributed by atoms with Crippen molar-refractivity contribution in [2.24, 2.45) is 5.92 Å². The maximum atomic E-state index is 12.4. The average molecular weight is 385 g/mol. The fourth-order valence-corrected chi connectivity index (χ4v) is 3.07. The number of rotatable bonds is 5. The monoisotopic (exact) mass is 385 g/mol. The molecule has 2 amide bonds. The van der Waals surface area contributed by atoms with Gasteiger partial charge >= 0.3 is 6.36 Å². The van der Waals surface area contributed by atoms with E-state index < -0.39 is 12.4 Å². The summed E-state index contributed by atoms with van der Waals surface area (Å²) in [6.07, 6.45) is -2.79. The molecular formula is C18H22F3N3O3. The first-order valence-corrected chi connectivity index (χ1v) is 8.92. The number of ether oxygens (including phenoxy) is 1. The summed E-state index contributed by atoms with van der Waals surface area (Å²) in [5.74, 6) is -0.180. The Hall–Kier alpha value is -2.29. The third-order valence-corrected chi connectivity index (χ3v) is 4.84. The Balaban J connectivity index is 1.48. The number of anilines is 1. The number of alkyl halides is 3. The summed E-state index contributed by atoms with van der Waals surface area (Å²) in [6.45, 7) is 4.22. The Morgan fingerprint density at radius 3 is 2.22 bits per heavy atom. The van der Waals surface area contributed by atoms with Gasteiger partial charge < -0.3 is 15.0 Å². The second kappa shape index (κ2) is 7.75. The molecule has 1 atom stereocenters. The number of halogens is 3. The Bertz CT molecular complexity index is 681. The maximum Gasteiger partial charge on any atom is 0.573 e. The number of carbonyl (C=O) groups is 2. The molecule has 1 saturated carbocycles. The van der Waals surface area contributed by atoms with Crippen molar-refractivity contribution in [3.63, 3.8) is 0 Å². The van der Waals surface area contributed by atoms with Crippen molar-refractivity contribution in [3.05, 3.63) is 24.3 Å². The van der Waals surface area contributed by atoms with E-state index in [-0.39, 0.29) is 23.5 Å². The number of nitrogens with one attached hydrogen (secondary N) is 1. The van der Waals surface area contributed by atoms with Crippen LogP contribution in [0, 0.1) is 5.92 Å². The van der Waals surface area contributed by atoms with Crippen LogP contribution in [-0.4, -0.2) is 60.2 Å². The molecule has 27 heavy (non-hydrogen) atoms. The second-order valence-electron chi connectivity index (χ2n) is 6.87. The van der Waals surface area contributed by atoms with E-state index in [0.29, 0.717) is 31.9 Å². The molecule has 1 heterocycles. The zero-order valence-corrected chi connectivity index (χ0v) is 15.0. The van der Waals surface area contributed by atoms with Gasteiger partial charge in [-0.15, -0.1) is 13.2 Å². The van der Waals surface area contributed by atoms with Crippen LogP contribution >= 0.6 is 0 Å². The number of piperazine rings is 1. The van der Waals surface area contributed by atoms with Gasteiger partial charge in [0.1, 0.15) is 5.75 Å². The Morgan fingerprint density at radius 1 is 1.11 bits per heavy atom. The molecule has 0 radical (unpaired) electrons. The summed E-state index contributed by atoms with van der Waals surface area (Å²) in [6, 6.07) is 4.61. The van der Waals surface area contributed by atoms with Gasteiger partial charge in [0.2, 0.25) is 11.8 Å². The molecule has 9 heteroatoms. The van der Waals surface area contributed by atoms with Crippen molar-refractivity contribution < 1.29 is 27.5 Å². The van der Waals surface area contributed by atoms with Gasteiger partial charge in [0, 0.05) is 37.8 Å². The van der Waals surface area contributed by atoms with E-state index in [1.165, 1.54) is 12.1 Å². The summed E-state index contributed by atoms with van der Waals surface area (Å²) < 4.78 is 40.3. The zero-order valence-electron chi connectivity index (χ0n) is 15.0. The minimum atomic E-state index is -4.75. The lowest BCUT2D eigenvalue weighted by Gasteiger charge is -2.37. The number of carbonyl (C=O) groups excluding carboxylic acids is 2. The standard InChI is InChI=1S/C18H22F3N3O3/c1-12(23-8-10-24(11-9-23)17(26)13-2-3-13)16(25)22-14-4-6-15(7-5-14)27-18(19,20)21/h4-7,12-13H,2-3,8-11H2,1H3,(H,22,25)/t12-/m0/s1. The Morgan fingerprint density at radius 2 is 1.70 bits per heavy atom. The molecule has 0 spiro atoms.